The minimum absolute atomic E-state index is 0.686. The van der Waals surface area contributed by atoms with E-state index in [0.29, 0.717) is 5.02 Å². The first-order chi connectivity index (χ1) is 7.31. The van der Waals surface area contributed by atoms with E-state index in [-0.39, 0.29) is 0 Å². The van der Waals surface area contributed by atoms with Crippen molar-refractivity contribution in [1.82, 2.24) is 4.98 Å². The molecule has 1 heterocycles. The van der Waals surface area contributed by atoms with Crippen LogP contribution < -0.4 is 0 Å². The normalized spacial score (nSPS) is 10.3. The lowest BCUT2D eigenvalue weighted by Gasteiger charge is -2.04. The average Bonchev–Trinajstić information content (AvgIpc) is 2.31. The first-order valence-electron chi connectivity index (χ1n) is 4.58. The van der Waals surface area contributed by atoms with Crippen LogP contribution in [0.25, 0.3) is 11.3 Å². The van der Waals surface area contributed by atoms with Gasteiger partial charge in [-0.15, -0.1) is 0 Å². The molecule has 2 aromatic rings. The van der Waals surface area contributed by atoms with Crippen molar-refractivity contribution < 1.29 is 0 Å². The molecule has 1 aromatic carbocycles. The monoisotopic (exact) mass is 281 g/mol. The molecule has 0 atom stereocenters. The van der Waals surface area contributed by atoms with E-state index in [2.05, 4.69) is 20.9 Å². The largest absolute Gasteiger partial charge is 0.250 e. The van der Waals surface area contributed by atoms with Gasteiger partial charge >= 0.3 is 0 Å². The quantitative estimate of drug-likeness (QED) is 0.749. The lowest BCUT2D eigenvalue weighted by atomic mass is 10.1. The van der Waals surface area contributed by atoms with Gasteiger partial charge in [0, 0.05) is 10.9 Å². The number of halogens is 2. The van der Waals surface area contributed by atoms with Crippen molar-refractivity contribution >= 4 is 27.5 Å². The number of benzene rings is 1. The van der Waals surface area contributed by atoms with Crippen LogP contribution in [0.3, 0.4) is 0 Å². The maximum absolute atomic E-state index is 6.11. The molecule has 0 saturated carbocycles. The fraction of sp³-hybridized carbons (Fsp3) is 0.0833. The summed E-state index contributed by atoms with van der Waals surface area (Å²) < 4.78 is 0. The molecule has 0 amide bonds. The fourth-order valence-electron chi connectivity index (χ4n) is 1.36. The Morgan fingerprint density at radius 2 is 1.80 bits per heavy atom. The summed E-state index contributed by atoms with van der Waals surface area (Å²) in [7, 11) is 0. The number of alkyl halides is 1. The van der Waals surface area contributed by atoms with E-state index < -0.39 is 0 Å². The average molecular weight is 283 g/mol. The third-order valence-corrected chi connectivity index (χ3v) is 2.97. The zero-order valence-corrected chi connectivity index (χ0v) is 10.3. The van der Waals surface area contributed by atoms with Crippen LogP contribution >= 0.6 is 27.5 Å². The summed E-state index contributed by atoms with van der Waals surface area (Å²) in [6.07, 6.45) is 0. The molecule has 1 nitrogen and oxygen atoms in total. The highest BCUT2D eigenvalue weighted by Gasteiger charge is 2.05. The van der Waals surface area contributed by atoms with Crippen LogP contribution in [0.2, 0.25) is 5.02 Å². The summed E-state index contributed by atoms with van der Waals surface area (Å²) in [5, 5.41) is 1.43. The highest BCUT2D eigenvalue weighted by molar-refractivity contribution is 9.08. The van der Waals surface area contributed by atoms with Gasteiger partial charge in [0.25, 0.3) is 0 Å². The maximum Gasteiger partial charge on any atom is 0.0891 e. The van der Waals surface area contributed by atoms with E-state index in [1.54, 1.807) is 0 Å². The van der Waals surface area contributed by atoms with E-state index in [1.165, 1.54) is 0 Å². The van der Waals surface area contributed by atoms with Crippen LogP contribution in [-0.2, 0) is 5.33 Å². The Kier molecular flexibility index (Phi) is 3.39. The third kappa shape index (κ3) is 2.39. The zero-order chi connectivity index (χ0) is 10.7. The second kappa shape index (κ2) is 4.77. The van der Waals surface area contributed by atoms with Gasteiger partial charge in [-0.2, -0.15) is 0 Å². The molecule has 0 bridgehead atoms. The number of hydrogen-bond acceptors (Lipinski definition) is 1. The molecule has 3 heteroatoms. The second-order valence-electron chi connectivity index (χ2n) is 3.13. The van der Waals surface area contributed by atoms with Crippen molar-refractivity contribution in [3.63, 3.8) is 0 Å². The van der Waals surface area contributed by atoms with Crippen LogP contribution in [0.1, 0.15) is 5.69 Å². The van der Waals surface area contributed by atoms with Crippen molar-refractivity contribution in [2.75, 3.05) is 0 Å². The number of rotatable bonds is 2. The molecule has 0 N–H and O–H groups in total. The van der Waals surface area contributed by atoms with Gasteiger partial charge in [0.2, 0.25) is 0 Å². The summed E-state index contributed by atoms with van der Waals surface area (Å²) in [4.78, 5) is 4.48. The Morgan fingerprint density at radius 1 is 1.07 bits per heavy atom. The number of aromatic nitrogens is 1. The van der Waals surface area contributed by atoms with Gasteiger partial charge in [0.05, 0.1) is 16.4 Å². The van der Waals surface area contributed by atoms with Crippen LogP contribution in [0.15, 0.2) is 42.5 Å². The summed E-state index contributed by atoms with van der Waals surface area (Å²) in [5.41, 5.74) is 2.87. The molecule has 0 saturated heterocycles. The minimum atomic E-state index is 0.686. The molecule has 2 rings (SSSR count). The Labute approximate surface area is 102 Å². The van der Waals surface area contributed by atoms with Crippen LogP contribution in [-0.4, -0.2) is 4.98 Å². The molecular weight excluding hydrogens is 273 g/mol. The van der Waals surface area contributed by atoms with Crippen LogP contribution in [0.5, 0.6) is 0 Å². The SMILES string of the molecule is Clc1ccc(CBr)nc1-c1ccccc1. The summed E-state index contributed by atoms with van der Waals surface area (Å²) in [6.45, 7) is 0. The van der Waals surface area contributed by atoms with E-state index in [1.807, 2.05) is 42.5 Å². The van der Waals surface area contributed by atoms with E-state index in [9.17, 15) is 0 Å². The molecule has 0 aliphatic rings. The molecule has 0 unspecified atom stereocenters. The smallest absolute Gasteiger partial charge is 0.0891 e. The number of pyridine rings is 1. The summed E-state index contributed by atoms with van der Waals surface area (Å²) in [5.74, 6) is 0. The van der Waals surface area contributed by atoms with Gasteiger partial charge in [-0.1, -0.05) is 57.9 Å². The molecule has 0 spiro atoms. The molecular formula is C12H9BrClN. The molecule has 1 aromatic heterocycles. The van der Waals surface area contributed by atoms with Gasteiger partial charge in [-0.25, -0.2) is 0 Å². The Bertz CT molecular complexity index is 456. The van der Waals surface area contributed by atoms with Gasteiger partial charge < -0.3 is 0 Å². The predicted molar refractivity (Wildman–Crippen MR) is 67.3 cm³/mol. The van der Waals surface area contributed by atoms with Crippen LogP contribution in [0.4, 0.5) is 0 Å². The minimum Gasteiger partial charge on any atom is -0.250 e. The highest BCUT2D eigenvalue weighted by Crippen LogP contribution is 2.26. The topological polar surface area (TPSA) is 12.9 Å². The molecule has 0 radical (unpaired) electrons. The number of hydrogen-bond donors (Lipinski definition) is 0. The molecule has 0 aliphatic carbocycles. The molecule has 76 valence electrons. The first-order valence-corrected chi connectivity index (χ1v) is 6.08. The maximum atomic E-state index is 6.11. The first kappa shape index (κ1) is 10.7. The van der Waals surface area contributed by atoms with Gasteiger partial charge in [0.1, 0.15) is 0 Å². The van der Waals surface area contributed by atoms with E-state index in [0.717, 1.165) is 22.3 Å². The molecule has 0 fully saturated rings. The van der Waals surface area contributed by atoms with Crippen molar-refractivity contribution in [2.45, 2.75) is 5.33 Å². The lowest BCUT2D eigenvalue weighted by molar-refractivity contribution is 1.19. The second-order valence-corrected chi connectivity index (χ2v) is 4.10. The van der Waals surface area contributed by atoms with Crippen molar-refractivity contribution in [1.29, 1.82) is 0 Å². The predicted octanol–water partition coefficient (Wildman–Crippen LogP) is 4.30. The van der Waals surface area contributed by atoms with Crippen LogP contribution in [0, 0.1) is 0 Å². The Balaban J connectivity index is 2.52. The van der Waals surface area contributed by atoms with Gasteiger partial charge in [0.15, 0.2) is 0 Å². The fourth-order valence-corrected chi connectivity index (χ4v) is 1.88. The Morgan fingerprint density at radius 3 is 2.47 bits per heavy atom. The Hall–Kier alpha value is -0.860. The van der Waals surface area contributed by atoms with E-state index >= 15 is 0 Å². The standard InChI is InChI=1S/C12H9BrClN/c13-8-10-6-7-11(14)12(15-10)9-4-2-1-3-5-9/h1-7H,8H2. The number of nitrogens with zero attached hydrogens (tertiary/aromatic N) is 1. The van der Waals surface area contributed by atoms with Gasteiger partial charge in [-0.3, -0.25) is 4.98 Å². The van der Waals surface area contributed by atoms with Gasteiger partial charge in [-0.05, 0) is 12.1 Å². The highest BCUT2D eigenvalue weighted by atomic mass is 79.9. The van der Waals surface area contributed by atoms with E-state index in [4.69, 9.17) is 11.6 Å². The summed E-state index contributed by atoms with van der Waals surface area (Å²) in [6, 6.07) is 13.8. The molecule has 15 heavy (non-hydrogen) atoms. The van der Waals surface area contributed by atoms with Crippen molar-refractivity contribution in [3.8, 4) is 11.3 Å². The lowest BCUT2D eigenvalue weighted by Crippen LogP contribution is -1.89. The molecule has 0 aliphatic heterocycles. The third-order valence-electron chi connectivity index (χ3n) is 2.09. The zero-order valence-electron chi connectivity index (χ0n) is 7.95. The summed E-state index contributed by atoms with van der Waals surface area (Å²) >= 11 is 9.49. The van der Waals surface area contributed by atoms with Crippen molar-refractivity contribution in [3.05, 3.63) is 53.2 Å². The van der Waals surface area contributed by atoms with Crippen molar-refractivity contribution in [2.24, 2.45) is 0 Å².